The predicted octanol–water partition coefficient (Wildman–Crippen LogP) is 3.33. The Balaban J connectivity index is 1.90. The average molecular weight is 275 g/mol. The lowest BCUT2D eigenvalue weighted by Crippen LogP contribution is -2.41. The third-order valence-corrected chi connectivity index (χ3v) is 4.33. The molecule has 1 aliphatic heterocycles. The minimum absolute atomic E-state index is 0.0647. The number of ketones is 1. The highest BCUT2D eigenvalue weighted by Crippen LogP contribution is 2.32. The quantitative estimate of drug-likeness (QED) is 0.788. The molecule has 0 saturated heterocycles. The van der Waals surface area contributed by atoms with Crippen molar-refractivity contribution < 1.29 is 14.0 Å². The van der Waals surface area contributed by atoms with Gasteiger partial charge in [0.25, 0.3) is 0 Å². The molecule has 0 spiro atoms. The van der Waals surface area contributed by atoms with Crippen LogP contribution in [0, 0.1) is 11.7 Å². The van der Waals surface area contributed by atoms with E-state index < -0.39 is 5.82 Å². The van der Waals surface area contributed by atoms with Gasteiger partial charge in [0.15, 0.2) is 5.78 Å². The first-order valence-corrected chi connectivity index (χ1v) is 7.31. The number of anilines is 1. The van der Waals surface area contributed by atoms with Gasteiger partial charge in [-0.3, -0.25) is 9.59 Å². The van der Waals surface area contributed by atoms with Crippen LogP contribution in [-0.4, -0.2) is 18.2 Å². The Hall–Kier alpha value is -1.71. The molecule has 1 aliphatic carbocycles. The van der Waals surface area contributed by atoms with Crippen LogP contribution in [0.1, 0.15) is 48.9 Å². The van der Waals surface area contributed by atoms with Gasteiger partial charge in [0.2, 0.25) is 5.91 Å². The molecule has 20 heavy (non-hydrogen) atoms. The molecule has 106 valence electrons. The summed E-state index contributed by atoms with van der Waals surface area (Å²) in [5.41, 5.74) is 0.929. The summed E-state index contributed by atoms with van der Waals surface area (Å²) in [7, 11) is 0. The number of nitrogens with zero attached hydrogens (tertiary/aromatic N) is 1. The Labute approximate surface area is 117 Å². The van der Waals surface area contributed by atoms with Crippen LogP contribution in [0.3, 0.4) is 0 Å². The number of carbonyl (C=O) groups excluding carboxylic acids is 2. The number of benzene rings is 1. The molecule has 2 aliphatic rings. The van der Waals surface area contributed by atoms with Gasteiger partial charge < -0.3 is 4.90 Å². The second kappa shape index (κ2) is 5.35. The Bertz CT molecular complexity index is 549. The highest BCUT2D eigenvalue weighted by molar-refractivity contribution is 6.09. The molecule has 0 radical (unpaired) electrons. The van der Waals surface area contributed by atoms with Gasteiger partial charge in [0, 0.05) is 24.4 Å². The third-order valence-electron chi connectivity index (χ3n) is 4.33. The normalized spacial score (nSPS) is 19.9. The molecular formula is C16H18FNO2. The smallest absolute Gasteiger partial charge is 0.230 e. The second-order valence-corrected chi connectivity index (χ2v) is 5.66. The monoisotopic (exact) mass is 275 g/mol. The van der Waals surface area contributed by atoms with Gasteiger partial charge in [-0.1, -0.05) is 19.3 Å². The molecule has 0 atom stereocenters. The Morgan fingerprint density at radius 3 is 2.70 bits per heavy atom. The molecule has 4 heteroatoms. The molecule has 0 bridgehead atoms. The predicted molar refractivity (Wildman–Crippen MR) is 74.3 cm³/mol. The van der Waals surface area contributed by atoms with Gasteiger partial charge in [0.05, 0.1) is 5.69 Å². The van der Waals surface area contributed by atoms with E-state index in [1.165, 1.54) is 18.6 Å². The zero-order valence-electron chi connectivity index (χ0n) is 11.4. The molecule has 1 amide bonds. The van der Waals surface area contributed by atoms with Crippen LogP contribution in [0.15, 0.2) is 18.2 Å². The van der Waals surface area contributed by atoms with Crippen LogP contribution in [0.5, 0.6) is 0 Å². The van der Waals surface area contributed by atoms with E-state index in [-0.39, 0.29) is 24.0 Å². The summed E-state index contributed by atoms with van der Waals surface area (Å²) in [4.78, 5) is 26.2. The fraction of sp³-hybridized carbons (Fsp3) is 0.500. The van der Waals surface area contributed by atoms with Crippen molar-refractivity contribution in [2.24, 2.45) is 5.92 Å². The largest absolute Gasteiger partial charge is 0.311 e. The molecule has 1 aromatic carbocycles. The lowest BCUT2D eigenvalue weighted by atomic mass is 9.87. The number of amides is 1. The van der Waals surface area contributed by atoms with Crippen LogP contribution in [0.4, 0.5) is 10.1 Å². The first kappa shape index (κ1) is 13.3. The van der Waals surface area contributed by atoms with Crippen molar-refractivity contribution in [2.45, 2.75) is 38.5 Å². The zero-order valence-corrected chi connectivity index (χ0v) is 11.4. The lowest BCUT2D eigenvalue weighted by Gasteiger charge is -2.33. The van der Waals surface area contributed by atoms with Crippen LogP contribution in [0.25, 0.3) is 0 Å². The van der Waals surface area contributed by atoms with Crippen molar-refractivity contribution in [1.29, 1.82) is 0 Å². The van der Waals surface area contributed by atoms with Crippen LogP contribution < -0.4 is 4.90 Å². The minimum atomic E-state index is -0.427. The van der Waals surface area contributed by atoms with Crippen molar-refractivity contribution in [3.8, 4) is 0 Å². The van der Waals surface area contributed by atoms with E-state index in [1.54, 1.807) is 11.0 Å². The van der Waals surface area contributed by atoms with Crippen molar-refractivity contribution in [1.82, 2.24) is 0 Å². The Kier molecular flexibility index (Phi) is 3.55. The number of Topliss-reactive ketones (excluding diaryl/α,β-unsaturated/α-hetero) is 1. The summed E-state index contributed by atoms with van der Waals surface area (Å²) in [6, 6.07) is 4.12. The highest BCUT2D eigenvalue weighted by Gasteiger charge is 2.32. The molecule has 1 saturated carbocycles. The molecule has 0 unspecified atom stereocenters. The molecule has 1 aromatic rings. The molecule has 3 nitrogen and oxygen atoms in total. The molecule has 1 heterocycles. The van der Waals surface area contributed by atoms with Gasteiger partial charge in [-0.2, -0.15) is 0 Å². The van der Waals surface area contributed by atoms with Crippen LogP contribution in [0.2, 0.25) is 0 Å². The number of fused-ring (bicyclic) bond motifs is 1. The fourth-order valence-corrected chi connectivity index (χ4v) is 3.23. The van der Waals surface area contributed by atoms with Gasteiger partial charge in [0.1, 0.15) is 5.82 Å². The van der Waals surface area contributed by atoms with Gasteiger partial charge in [-0.25, -0.2) is 4.39 Å². The Morgan fingerprint density at radius 1 is 1.20 bits per heavy atom. The number of hydrogen-bond acceptors (Lipinski definition) is 2. The Morgan fingerprint density at radius 2 is 1.95 bits per heavy atom. The summed E-state index contributed by atoms with van der Waals surface area (Å²) < 4.78 is 13.3. The van der Waals surface area contributed by atoms with E-state index in [9.17, 15) is 14.0 Å². The molecule has 3 rings (SSSR count). The van der Waals surface area contributed by atoms with Crippen molar-refractivity contribution in [2.75, 3.05) is 11.4 Å². The summed E-state index contributed by atoms with van der Waals surface area (Å²) >= 11 is 0. The highest BCUT2D eigenvalue weighted by atomic mass is 19.1. The van der Waals surface area contributed by atoms with E-state index >= 15 is 0 Å². The maximum absolute atomic E-state index is 13.3. The van der Waals surface area contributed by atoms with Crippen LogP contribution in [-0.2, 0) is 4.79 Å². The van der Waals surface area contributed by atoms with Crippen molar-refractivity contribution >= 4 is 17.4 Å². The molecule has 0 N–H and O–H groups in total. The summed E-state index contributed by atoms with van der Waals surface area (Å²) in [6.45, 7) is 0.423. The van der Waals surface area contributed by atoms with Crippen molar-refractivity contribution in [3.05, 3.63) is 29.6 Å². The van der Waals surface area contributed by atoms with E-state index in [0.717, 1.165) is 25.7 Å². The van der Waals surface area contributed by atoms with E-state index in [4.69, 9.17) is 0 Å². The number of halogens is 1. The topological polar surface area (TPSA) is 37.4 Å². The lowest BCUT2D eigenvalue weighted by molar-refractivity contribution is -0.123. The number of hydrogen-bond donors (Lipinski definition) is 0. The molecule has 0 aromatic heterocycles. The third kappa shape index (κ3) is 2.35. The molecule has 1 fully saturated rings. The maximum atomic E-state index is 13.3. The van der Waals surface area contributed by atoms with E-state index in [2.05, 4.69) is 0 Å². The summed E-state index contributed by atoms with van der Waals surface area (Å²) in [6.07, 6.45) is 5.54. The first-order valence-electron chi connectivity index (χ1n) is 7.31. The average Bonchev–Trinajstić information content (AvgIpc) is 2.48. The maximum Gasteiger partial charge on any atom is 0.230 e. The van der Waals surface area contributed by atoms with Gasteiger partial charge >= 0.3 is 0 Å². The molecular weight excluding hydrogens is 257 g/mol. The fourth-order valence-electron chi connectivity index (χ4n) is 3.23. The number of carbonyl (C=O) groups is 2. The summed E-state index contributed by atoms with van der Waals surface area (Å²) in [5.74, 6) is -0.337. The van der Waals surface area contributed by atoms with Gasteiger partial charge in [-0.15, -0.1) is 0 Å². The minimum Gasteiger partial charge on any atom is -0.311 e. The number of rotatable bonds is 1. The van der Waals surface area contributed by atoms with Crippen LogP contribution >= 0.6 is 0 Å². The SMILES string of the molecule is O=C1CCN(C(=O)C2CCCCC2)c2ccc(F)cc21. The van der Waals surface area contributed by atoms with E-state index in [1.807, 2.05) is 0 Å². The second-order valence-electron chi connectivity index (χ2n) is 5.66. The first-order chi connectivity index (χ1) is 9.66. The standard InChI is InChI=1S/C16H18FNO2/c17-12-6-7-14-13(10-12)15(19)8-9-18(14)16(20)11-4-2-1-3-5-11/h6-7,10-11H,1-5,8-9H2. The van der Waals surface area contributed by atoms with Crippen molar-refractivity contribution in [3.63, 3.8) is 0 Å². The van der Waals surface area contributed by atoms with E-state index in [0.29, 0.717) is 17.8 Å². The summed E-state index contributed by atoms with van der Waals surface area (Å²) in [5, 5.41) is 0. The van der Waals surface area contributed by atoms with Gasteiger partial charge in [-0.05, 0) is 31.0 Å². The zero-order chi connectivity index (χ0) is 14.1.